The van der Waals surface area contributed by atoms with E-state index < -0.39 is 0 Å². The Morgan fingerprint density at radius 1 is 1.53 bits per heavy atom. The summed E-state index contributed by atoms with van der Waals surface area (Å²) in [5.41, 5.74) is 1.91. The first-order valence-corrected chi connectivity index (χ1v) is 6.87. The van der Waals surface area contributed by atoms with Crippen molar-refractivity contribution in [2.24, 2.45) is 5.92 Å². The highest BCUT2D eigenvalue weighted by Gasteiger charge is 2.19. The Morgan fingerprint density at radius 3 is 3.20 bits per heavy atom. The molecule has 1 aliphatic rings. The fourth-order valence-corrected chi connectivity index (χ4v) is 2.97. The first-order valence-electron chi connectivity index (χ1n) is 5.99. The van der Waals surface area contributed by atoms with Gasteiger partial charge in [-0.3, -0.25) is 4.98 Å². The smallest absolute Gasteiger partial charge is 0.0794 e. The van der Waals surface area contributed by atoms with Gasteiger partial charge in [-0.05, 0) is 18.8 Å². The summed E-state index contributed by atoms with van der Waals surface area (Å²) in [6.07, 6.45) is 8.88. The number of hydrogen-bond acceptors (Lipinski definition) is 3. The van der Waals surface area contributed by atoms with Crippen LogP contribution in [0.5, 0.6) is 0 Å². The van der Waals surface area contributed by atoms with Crippen LogP contribution in [0.1, 0.15) is 43.9 Å². The van der Waals surface area contributed by atoms with Gasteiger partial charge in [-0.25, -0.2) is 0 Å². The molecule has 2 unspecified atom stereocenters. The molecule has 1 fully saturated rings. The van der Waals surface area contributed by atoms with Crippen LogP contribution in [0, 0.1) is 5.92 Å². The minimum atomic E-state index is 0.741. The zero-order valence-electron chi connectivity index (χ0n) is 9.41. The van der Waals surface area contributed by atoms with E-state index in [0.717, 1.165) is 18.5 Å². The van der Waals surface area contributed by atoms with Gasteiger partial charge in [0.2, 0.25) is 0 Å². The second kappa shape index (κ2) is 5.61. The molecular weight excluding hydrogens is 204 g/mol. The highest BCUT2D eigenvalue weighted by molar-refractivity contribution is 7.09. The van der Waals surface area contributed by atoms with Crippen molar-refractivity contribution in [1.82, 2.24) is 10.3 Å². The molecule has 3 heteroatoms. The zero-order valence-corrected chi connectivity index (χ0v) is 10.2. The van der Waals surface area contributed by atoms with Crippen molar-refractivity contribution in [1.29, 1.82) is 0 Å². The summed E-state index contributed by atoms with van der Waals surface area (Å²) in [6, 6.07) is 0.741. The lowest BCUT2D eigenvalue weighted by Crippen LogP contribution is -2.33. The maximum atomic E-state index is 4.10. The molecule has 1 aromatic rings. The van der Waals surface area contributed by atoms with Gasteiger partial charge in [-0.2, -0.15) is 0 Å². The van der Waals surface area contributed by atoms with Crippen molar-refractivity contribution < 1.29 is 0 Å². The number of thiazole rings is 1. The van der Waals surface area contributed by atoms with E-state index in [1.165, 1.54) is 37.0 Å². The highest BCUT2D eigenvalue weighted by Crippen LogP contribution is 2.26. The second-order valence-electron chi connectivity index (χ2n) is 4.49. The third kappa shape index (κ3) is 3.28. The Kier molecular flexibility index (Phi) is 4.15. The van der Waals surface area contributed by atoms with Crippen molar-refractivity contribution in [3.05, 3.63) is 16.6 Å². The Hall–Kier alpha value is -0.410. The maximum Gasteiger partial charge on any atom is 0.0794 e. The second-order valence-corrected chi connectivity index (χ2v) is 5.46. The fourth-order valence-electron chi connectivity index (χ4n) is 2.42. The first kappa shape index (κ1) is 11.1. The van der Waals surface area contributed by atoms with Crippen LogP contribution in [0.4, 0.5) is 0 Å². The quantitative estimate of drug-likeness (QED) is 0.849. The minimum Gasteiger partial charge on any atom is -0.309 e. The third-order valence-electron chi connectivity index (χ3n) is 3.41. The van der Waals surface area contributed by atoms with Crippen LogP contribution in [0.3, 0.4) is 0 Å². The summed E-state index contributed by atoms with van der Waals surface area (Å²) in [5, 5.41) is 3.66. The SMILES string of the molecule is CCC1CCCC(NCc2cncs2)C1. The molecule has 2 rings (SSSR count). The van der Waals surface area contributed by atoms with E-state index in [-0.39, 0.29) is 0 Å². The lowest BCUT2D eigenvalue weighted by Gasteiger charge is -2.29. The molecule has 1 saturated carbocycles. The largest absolute Gasteiger partial charge is 0.309 e. The predicted octanol–water partition coefficient (Wildman–Crippen LogP) is 3.20. The summed E-state index contributed by atoms with van der Waals surface area (Å²) >= 11 is 1.74. The maximum absolute atomic E-state index is 4.10. The van der Waals surface area contributed by atoms with Gasteiger partial charge in [0, 0.05) is 23.7 Å². The van der Waals surface area contributed by atoms with Crippen molar-refractivity contribution in [2.45, 2.75) is 51.6 Å². The highest BCUT2D eigenvalue weighted by atomic mass is 32.1. The molecule has 84 valence electrons. The summed E-state index contributed by atoms with van der Waals surface area (Å²) in [4.78, 5) is 5.45. The normalized spacial score (nSPS) is 26.7. The van der Waals surface area contributed by atoms with Gasteiger partial charge in [0.1, 0.15) is 0 Å². The number of nitrogens with one attached hydrogen (secondary N) is 1. The van der Waals surface area contributed by atoms with Gasteiger partial charge in [0.15, 0.2) is 0 Å². The van der Waals surface area contributed by atoms with E-state index in [1.807, 2.05) is 11.7 Å². The van der Waals surface area contributed by atoms with Gasteiger partial charge >= 0.3 is 0 Å². The van der Waals surface area contributed by atoms with Crippen LogP contribution in [0.25, 0.3) is 0 Å². The predicted molar refractivity (Wildman–Crippen MR) is 65.0 cm³/mol. The van der Waals surface area contributed by atoms with E-state index in [0.29, 0.717) is 0 Å². The molecule has 0 aliphatic heterocycles. The lowest BCUT2D eigenvalue weighted by atomic mass is 9.84. The molecule has 0 saturated heterocycles. The molecule has 1 aliphatic carbocycles. The molecule has 0 radical (unpaired) electrons. The lowest BCUT2D eigenvalue weighted by molar-refractivity contribution is 0.279. The van der Waals surface area contributed by atoms with Gasteiger partial charge in [0.25, 0.3) is 0 Å². The average Bonchev–Trinajstić information content (AvgIpc) is 2.79. The summed E-state index contributed by atoms with van der Waals surface area (Å²) < 4.78 is 0. The van der Waals surface area contributed by atoms with Crippen LogP contribution in [-0.4, -0.2) is 11.0 Å². The third-order valence-corrected chi connectivity index (χ3v) is 4.19. The number of aromatic nitrogens is 1. The number of nitrogens with zero attached hydrogens (tertiary/aromatic N) is 1. The summed E-state index contributed by atoms with van der Waals surface area (Å²) in [7, 11) is 0. The molecular formula is C12H20N2S. The van der Waals surface area contributed by atoms with E-state index in [9.17, 15) is 0 Å². The average molecular weight is 224 g/mol. The molecule has 2 atom stereocenters. The van der Waals surface area contributed by atoms with Crippen LogP contribution in [0.2, 0.25) is 0 Å². The molecule has 0 amide bonds. The Balaban J connectivity index is 1.74. The van der Waals surface area contributed by atoms with E-state index in [4.69, 9.17) is 0 Å². The van der Waals surface area contributed by atoms with Gasteiger partial charge in [-0.1, -0.05) is 26.2 Å². The van der Waals surface area contributed by atoms with Crippen LogP contribution in [-0.2, 0) is 6.54 Å². The first-order chi connectivity index (χ1) is 7.38. The monoisotopic (exact) mass is 224 g/mol. The summed E-state index contributed by atoms with van der Waals surface area (Å²) in [5.74, 6) is 0.956. The molecule has 1 heterocycles. The Morgan fingerprint density at radius 2 is 2.47 bits per heavy atom. The Bertz CT molecular complexity index is 271. The molecule has 2 nitrogen and oxygen atoms in total. The molecule has 1 N–H and O–H groups in total. The zero-order chi connectivity index (χ0) is 10.5. The van der Waals surface area contributed by atoms with Crippen LogP contribution < -0.4 is 5.32 Å². The standard InChI is InChI=1S/C12H20N2S/c1-2-10-4-3-5-11(6-10)14-8-12-7-13-9-15-12/h7,9-11,14H,2-6,8H2,1H3. The van der Waals surface area contributed by atoms with Crippen molar-refractivity contribution in [3.8, 4) is 0 Å². The minimum absolute atomic E-state index is 0.741. The van der Waals surface area contributed by atoms with Gasteiger partial charge < -0.3 is 5.32 Å². The fraction of sp³-hybridized carbons (Fsp3) is 0.750. The van der Waals surface area contributed by atoms with Crippen molar-refractivity contribution in [3.63, 3.8) is 0 Å². The number of hydrogen-bond donors (Lipinski definition) is 1. The van der Waals surface area contributed by atoms with Crippen LogP contribution >= 0.6 is 11.3 Å². The molecule has 0 bridgehead atoms. The van der Waals surface area contributed by atoms with Crippen molar-refractivity contribution >= 4 is 11.3 Å². The van der Waals surface area contributed by atoms with E-state index in [2.05, 4.69) is 17.2 Å². The van der Waals surface area contributed by atoms with Gasteiger partial charge in [0.05, 0.1) is 5.51 Å². The molecule has 0 aromatic carbocycles. The van der Waals surface area contributed by atoms with Gasteiger partial charge in [-0.15, -0.1) is 11.3 Å². The molecule has 15 heavy (non-hydrogen) atoms. The van der Waals surface area contributed by atoms with E-state index >= 15 is 0 Å². The summed E-state index contributed by atoms with van der Waals surface area (Å²) in [6.45, 7) is 3.32. The van der Waals surface area contributed by atoms with Crippen LogP contribution in [0.15, 0.2) is 11.7 Å². The van der Waals surface area contributed by atoms with Crippen molar-refractivity contribution in [2.75, 3.05) is 0 Å². The molecule has 1 aromatic heterocycles. The number of rotatable bonds is 4. The Labute approximate surface area is 96.1 Å². The topological polar surface area (TPSA) is 24.9 Å². The van der Waals surface area contributed by atoms with E-state index in [1.54, 1.807) is 11.3 Å². The molecule has 0 spiro atoms.